The standard InChI is InChI=1S/C12H11Cl2N3S/c1-6-11(14)7(2)17(16-6)10-5-8(13)3-4-9(10)12(15)18/h3-5H,1-2H3,(H2,15,18). The van der Waals surface area contributed by atoms with Crippen LogP contribution in [0.1, 0.15) is 17.0 Å². The molecule has 0 unspecified atom stereocenters. The lowest BCUT2D eigenvalue weighted by Gasteiger charge is -2.10. The Labute approximate surface area is 120 Å². The molecule has 0 aliphatic carbocycles. The normalized spacial score (nSPS) is 10.7. The number of nitrogens with two attached hydrogens (primary N) is 1. The van der Waals surface area contributed by atoms with Crippen LogP contribution in [0.2, 0.25) is 10.0 Å². The quantitative estimate of drug-likeness (QED) is 0.864. The minimum absolute atomic E-state index is 0.297. The molecule has 0 saturated carbocycles. The molecule has 0 radical (unpaired) electrons. The lowest BCUT2D eigenvalue weighted by molar-refractivity contribution is 0.832. The number of hydrogen-bond donors (Lipinski definition) is 1. The van der Waals surface area contributed by atoms with Crippen LogP contribution in [0.3, 0.4) is 0 Å². The zero-order valence-electron chi connectivity index (χ0n) is 9.87. The molecule has 2 N–H and O–H groups in total. The number of nitrogens with zero attached hydrogens (tertiary/aromatic N) is 2. The molecule has 2 rings (SSSR count). The minimum atomic E-state index is 0.297. The maximum Gasteiger partial charge on any atom is 0.106 e. The molecular formula is C12H11Cl2N3S. The van der Waals surface area contributed by atoms with Crippen molar-refractivity contribution >= 4 is 40.4 Å². The Morgan fingerprint density at radius 3 is 2.50 bits per heavy atom. The summed E-state index contributed by atoms with van der Waals surface area (Å²) >= 11 is 17.2. The van der Waals surface area contributed by atoms with E-state index in [0.717, 1.165) is 22.6 Å². The highest BCUT2D eigenvalue weighted by Crippen LogP contribution is 2.26. The summed E-state index contributed by atoms with van der Waals surface area (Å²) in [6, 6.07) is 5.29. The zero-order chi connectivity index (χ0) is 13.4. The van der Waals surface area contributed by atoms with Gasteiger partial charge in [-0.25, -0.2) is 4.68 Å². The lowest BCUT2D eigenvalue weighted by Crippen LogP contribution is -2.14. The van der Waals surface area contributed by atoms with Gasteiger partial charge in [0.2, 0.25) is 0 Å². The van der Waals surface area contributed by atoms with Gasteiger partial charge in [-0.05, 0) is 32.0 Å². The number of rotatable bonds is 2. The fourth-order valence-electron chi connectivity index (χ4n) is 1.75. The van der Waals surface area contributed by atoms with Crippen LogP contribution in [0.5, 0.6) is 0 Å². The van der Waals surface area contributed by atoms with Gasteiger partial charge in [-0.2, -0.15) is 5.10 Å². The summed E-state index contributed by atoms with van der Waals surface area (Å²) in [6.45, 7) is 3.73. The Morgan fingerprint density at radius 2 is 2.00 bits per heavy atom. The van der Waals surface area contributed by atoms with E-state index in [1.165, 1.54) is 0 Å². The molecule has 18 heavy (non-hydrogen) atoms. The van der Waals surface area contributed by atoms with Crippen molar-refractivity contribution in [1.29, 1.82) is 0 Å². The van der Waals surface area contributed by atoms with E-state index in [-0.39, 0.29) is 0 Å². The third-order valence-corrected chi connectivity index (χ3v) is 3.66. The molecule has 0 bridgehead atoms. The summed E-state index contributed by atoms with van der Waals surface area (Å²) in [4.78, 5) is 0.297. The summed E-state index contributed by atoms with van der Waals surface area (Å²) in [7, 11) is 0. The number of halogens is 2. The van der Waals surface area contributed by atoms with E-state index in [1.54, 1.807) is 22.9 Å². The molecule has 0 aliphatic heterocycles. The molecule has 1 heterocycles. The monoisotopic (exact) mass is 299 g/mol. The van der Waals surface area contributed by atoms with Crippen LogP contribution in [-0.4, -0.2) is 14.8 Å². The third-order valence-electron chi connectivity index (χ3n) is 2.66. The van der Waals surface area contributed by atoms with E-state index in [9.17, 15) is 0 Å². The van der Waals surface area contributed by atoms with Gasteiger partial charge in [-0.15, -0.1) is 0 Å². The van der Waals surface area contributed by atoms with E-state index in [2.05, 4.69) is 5.10 Å². The van der Waals surface area contributed by atoms with Gasteiger partial charge < -0.3 is 5.73 Å². The SMILES string of the molecule is Cc1nn(-c2cc(Cl)ccc2C(N)=S)c(C)c1Cl. The van der Waals surface area contributed by atoms with E-state index in [0.29, 0.717) is 15.0 Å². The number of benzene rings is 1. The number of thiocarbonyl (C=S) groups is 1. The second-order valence-corrected chi connectivity index (χ2v) is 5.18. The van der Waals surface area contributed by atoms with Crippen molar-refractivity contribution in [3.8, 4) is 5.69 Å². The number of hydrogen-bond acceptors (Lipinski definition) is 2. The first-order chi connectivity index (χ1) is 8.41. The van der Waals surface area contributed by atoms with Gasteiger partial charge in [0.15, 0.2) is 0 Å². The smallest absolute Gasteiger partial charge is 0.106 e. The summed E-state index contributed by atoms with van der Waals surface area (Å²) in [5, 5.41) is 5.60. The molecule has 1 aromatic carbocycles. The van der Waals surface area contributed by atoms with Gasteiger partial charge in [0.1, 0.15) is 4.99 Å². The van der Waals surface area contributed by atoms with Crippen molar-refractivity contribution in [2.75, 3.05) is 0 Å². The molecule has 2 aromatic rings. The first-order valence-corrected chi connectivity index (χ1v) is 6.39. The minimum Gasteiger partial charge on any atom is -0.389 e. The van der Waals surface area contributed by atoms with Crippen LogP contribution >= 0.6 is 35.4 Å². The first kappa shape index (κ1) is 13.3. The summed E-state index contributed by atoms with van der Waals surface area (Å²) in [5.41, 5.74) is 8.75. The van der Waals surface area contributed by atoms with Crippen molar-refractivity contribution in [2.24, 2.45) is 5.73 Å². The Hall–Kier alpha value is -1.10. The maximum absolute atomic E-state index is 6.14. The van der Waals surface area contributed by atoms with Gasteiger partial charge in [0, 0.05) is 10.6 Å². The molecule has 0 aliphatic rings. The topological polar surface area (TPSA) is 43.8 Å². The Morgan fingerprint density at radius 1 is 1.33 bits per heavy atom. The average molecular weight is 300 g/mol. The highest BCUT2D eigenvalue weighted by atomic mass is 35.5. The fourth-order valence-corrected chi connectivity index (χ4v) is 2.20. The van der Waals surface area contributed by atoms with Crippen LogP contribution in [-0.2, 0) is 0 Å². The average Bonchev–Trinajstić information content (AvgIpc) is 2.56. The fraction of sp³-hybridized carbons (Fsp3) is 0.167. The molecule has 0 amide bonds. The summed E-state index contributed by atoms with van der Waals surface area (Å²) in [5.74, 6) is 0. The maximum atomic E-state index is 6.14. The van der Waals surface area contributed by atoms with E-state index in [4.69, 9.17) is 41.2 Å². The van der Waals surface area contributed by atoms with E-state index < -0.39 is 0 Å². The van der Waals surface area contributed by atoms with Crippen molar-refractivity contribution in [3.63, 3.8) is 0 Å². The molecule has 3 nitrogen and oxygen atoms in total. The Bertz CT molecular complexity index is 634. The van der Waals surface area contributed by atoms with Gasteiger partial charge in [0.25, 0.3) is 0 Å². The molecule has 94 valence electrons. The van der Waals surface area contributed by atoms with Crippen molar-refractivity contribution < 1.29 is 0 Å². The van der Waals surface area contributed by atoms with Crippen molar-refractivity contribution in [3.05, 3.63) is 45.2 Å². The largest absolute Gasteiger partial charge is 0.389 e. The molecular weight excluding hydrogens is 289 g/mol. The first-order valence-electron chi connectivity index (χ1n) is 5.23. The van der Waals surface area contributed by atoms with Crippen LogP contribution < -0.4 is 5.73 Å². The Kier molecular flexibility index (Phi) is 3.61. The number of aryl methyl sites for hydroxylation is 1. The number of aromatic nitrogens is 2. The second-order valence-electron chi connectivity index (χ2n) is 3.92. The van der Waals surface area contributed by atoms with Crippen LogP contribution in [0, 0.1) is 13.8 Å². The predicted molar refractivity (Wildman–Crippen MR) is 78.9 cm³/mol. The van der Waals surface area contributed by atoms with Gasteiger partial charge in [-0.1, -0.05) is 35.4 Å². The van der Waals surface area contributed by atoms with E-state index in [1.807, 2.05) is 13.8 Å². The van der Waals surface area contributed by atoms with Crippen LogP contribution in [0.25, 0.3) is 5.69 Å². The Balaban J connectivity index is 2.73. The third kappa shape index (κ3) is 2.23. The summed E-state index contributed by atoms with van der Waals surface area (Å²) in [6.07, 6.45) is 0. The van der Waals surface area contributed by atoms with Gasteiger partial charge >= 0.3 is 0 Å². The molecule has 1 aromatic heterocycles. The van der Waals surface area contributed by atoms with Gasteiger partial charge in [0.05, 0.1) is 22.1 Å². The summed E-state index contributed by atoms with van der Waals surface area (Å²) < 4.78 is 1.71. The highest BCUT2D eigenvalue weighted by molar-refractivity contribution is 7.80. The lowest BCUT2D eigenvalue weighted by atomic mass is 10.1. The molecule has 6 heteroatoms. The zero-order valence-corrected chi connectivity index (χ0v) is 12.2. The molecule has 0 saturated heterocycles. The van der Waals surface area contributed by atoms with Crippen LogP contribution in [0.15, 0.2) is 18.2 Å². The van der Waals surface area contributed by atoms with Gasteiger partial charge in [-0.3, -0.25) is 0 Å². The van der Waals surface area contributed by atoms with Crippen molar-refractivity contribution in [2.45, 2.75) is 13.8 Å². The van der Waals surface area contributed by atoms with Crippen molar-refractivity contribution in [1.82, 2.24) is 9.78 Å². The van der Waals surface area contributed by atoms with E-state index >= 15 is 0 Å². The predicted octanol–water partition coefficient (Wildman–Crippen LogP) is 3.43. The molecule has 0 spiro atoms. The molecule has 0 atom stereocenters. The van der Waals surface area contributed by atoms with Crippen LogP contribution in [0.4, 0.5) is 0 Å². The molecule has 0 fully saturated rings. The second kappa shape index (κ2) is 4.88. The highest BCUT2D eigenvalue weighted by Gasteiger charge is 2.15.